The maximum Gasteiger partial charge on any atom is 0.0464 e. The van der Waals surface area contributed by atoms with Gasteiger partial charge in [-0.15, -0.1) is 0 Å². The molecule has 0 aromatic heterocycles. The molecule has 1 N–H and O–H groups in total. The quantitative estimate of drug-likeness (QED) is 0.535. The Hall–Kier alpha value is 0.0200. The Kier molecular flexibility index (Phi) is 1.15. The van der Waals surface area contributed by atoms with Crippen LogP contribution < -0.4 is 5.32 Å². The second kappa shape index (κ2) is 1.65. The summed E-state index contributed by atoms with van der Waals surface area (Å²) in [6.07, 6.45) is 4.86. The van der Waals surface area contributed by atoms with Crippen LogP contribution in [0.25, 0.3) is 0 Å². The van der Waals surface area contributed by atoms with E-state index >= 15 is 0 Å². The highest BCUT2D eigenvalue weighted by Gasteiger charge is 1.96. The second-order valence-electron chi connectivity index (χ2n) is 1.05. The molecule has 2 heteroatoms. The van der Waals surface area contributed by atoms with Crippen molar-refractivity contribution < 1.29 is 0 Å². The summed E-state index contributed by atoms with van der Waals surface area (Å²) in [5, 5.41) is 2.95. The summed E-state index contributed by atoms with van der Waals surface area (Å²) in [5.41, 5.74) is 0. The third-order valence-corrected chi connectivity index (χ3v) is 1.10. The van der Waals surface area contributed by atoms with Gasteiger partial charge in [0, 0.05) is 23.6 Å². The van der Waals surface area contributed by atoms with Crippen molar-refractivity contribution >= 4 is 15.9 Å². The van der Waals surface area contributed by atoms with Crippen LogP contribution in [0.15, 0.2) is 10.7 Å². The number of hydrogen-bond acceptors (Lipinski definition) is 1. The highest BCUT2D eigenvalue weighted by Crippen LogP contribution is 2.09. The average Bonchev–Trinajstić information content (AvgIpc) is 1.86. The van der Waals surface area contributed by atoms with Gasteiger partial charge in [0.05, 0.1) is 0 Å². The van der Waals surface area contributed by atoms with Crippen molar-refractivity contribution in [3.63, 3.8) is 0 Å². The zero-order valence-electron chi connectivity index (χ0n) is 3.16. The minimum Gasteiger partial charge on any atom is -0.389 e. The maximum atomic E-state index is 3.23. The highest BCUT2D eigenvalue weighted by molar-refractivity contribution is 9.11. The number of rotatable bonds is 0. The topological polar surface area (TPSA) is 12.0 Å². The second-order valence-corrected chi connectivity index (χ2v) is 1.90. The zero-order valence-corrected chi connectivity index (χ0v) is 4.75. The Morgan fingerprint density at radius 2 is 2.83 bits per heavy atom. The van der Waals surface area contributed by atoms with Gasteiger partial charge in [-0.05, 0) is 0 Å². The molecule has 0 atom stereocenters. The van der Waals surface area contributed by atoms with Gasteiger partial charge in [0.25, 0.3) is 0 Å². The fraction of sp³-hybridized carbons (Fsp3) is 0.250. The Labute approximate surface area is 45.6 Å². The van der Waals surface area contributed by atoms with Crippen LogP contribution in [0.3, 0.4) is 0 Å². The van der Waals surface area contributed by atoms with E-state index < -0.39 is 0 Å². The summed E-state index contributed by atoms with van der Waals surface area (Å²) in [5.74, 6) is 0. The molecule has 32 valence electrons. The third-order valence-electron chi connectivity index (χ3n) is 0.588. The van der Waals surface area contributed by atoms with Crippen molar-refractivity contribution in [2.75, 3.05) is 6.54 Å². The van der Waals surface area contributed by atoms with Crippen molar-refractivity contribution in [2.45, 2.75) is 0 Å². The molecule has 0 fully saturated rings. The van der Waals surface area contributed by atoms with Gasteiger partial charge in [0.15, 0.2) is 0 Å². The van der Waals surface area contributed by atoms with Crippen molar-refractivity contribution in [3.8, 4) is 0 Å². The molecular weight excluding hydrogens is 142 g/mol. The predicted octanol–water partition coefficient (Wildman–Crippen LogP) is 0.907. The van der Waals surface area contributed by atoms with Gasteiger partial charge in [0.1, 0.15) is 0 Å². The first-order valence-corrected chi connectivity index (χ1v) is 2.52. The first-order chi connectivity index (χ1) is 2.89. The third kappa shape index (κ3) is 0.744. The Morgan fingerprint density at radius 1 is 2.00 bits per heavy atom. The van der Waals surface area contributed by atoms with Crippen LogP contribution in [0, 0.1) is 6.42 Å². The van der Waals surface area contributed by atoms with E-state index in [9.17, 15) is 0 Å². The summed E-state index contributed by atoms with van der Waals surface area (Å²) in [4.78, 5) is 0. The van der Waals surface area contributed by atoms with Gasteiger partial charge in [-0.3, -0.25) is 0 Å². The van der Waals surface area contributed by atoms with Gasteiger partial charge in [-0.25, -0.2) is 0 Å². The van der Waals surface area contributed by atoms with Crippen LogP contribution in [0.5, 0.6) is 0 Å². The molecule has 0 amide bonds. The first-order valence-electron chi connectivity index (χ1n) is 1.72. The lowest BCUT2D eigenvalue weighted by molar-refractivity contribution is 1.00. The summed E-state index contributed by atoms with van der Waals surface area (Å²) in [6, 6.07) is 0. The Bertz CT molecular complexity index is 77.6. The van der Waals surface area contributed by atoms with Crippen LogP contribution in [0.2, 0.25) is 0 Å². The molecule has 1 aliphatic heterocycles. The number of halogens is 1. The van der Waals surface area contributed by atoms with E-state index in [1.807, 2.05) is 6.20 Å². The van der Waals surface area contributed by atoms with E-state index in [4.69, 9.17) is 0 Å². The molecule has 0 aliphatic carbocycles. The standard InChI is InChI=1S/C4H4BrN/c5-4-1-2-6-3-4/h3,6H,2H2. The van der Waals surface area contributed by atoms with Gasteiger partial charge < -0.3 is 5.32 Å². The minimum absolute atomic E-state index is 0.848. The van der Waals surface area contributed by atoms with Crippen LogP contribution in [0.1, 0.15) is 0 Å². The van der Waals surface area contributed by atoms with Crippen LogP contribution in [-0.4, -0.2) is 6.54 Å². The van der Waals surface area contributed by atoms with Crippen molar-refractivity contribution in [1.82, 2.24) is 5.32 Å². The lowest BCUT2D eigenvalue weighted by Gasteiger charge is -1.77. The molecule has 0 aromatic carbocycles. The summed E-state index contributed by atoms with van der Waals surface area (Å²) in [7, 11) is 0. The molecule has 0 bridgehead atoms. The molecule has 1 heterocycles. The molecule has 0 saturated carbocycles. The van der Waals surface area contributed by atoms with Crippen LogP contribution in [0.4, 0.5) is 0 Å². The van der Waals surface area contributed by atoms with Crippen molar-refractivity contribution in [1.29, 1.82) is 0 Å². The fourth-order valence-electron chi connectivity index (χ4n) is 0.327. The summed E-state index contributed by atoms with van der Waals surface area (Å²) < 4.78 is 1.03. The molecule has 2 radical (unpaired) electrons. The fourth-order valence-corrected chi connectivity index (χ4v) is 0.629. The molecule has 0 aromatic rings. The van der Waals surface area contributed by atoms with E-state index in [-0.39, 0.29) is 0 Å². The monoisotopic (exact) mass is 145 g/mol. The zero-order chi connectivity index (χ0) is 4.41. The first kappa shape index (κ1) is 4.19. The summed E-state index contributed by atoms with van der Waals surface area (Å²) in [6.45, 7) is 0.848. The molecule has 6 heavy (non-hydrogen) atoms. The van der Waals surface area contributed by atoms with Crippen LogP contribution in [-0.2, 0) is 0 Å². The minimum atomic E-state index is 0.848. The molecular formula is C4H4BrN. The Balaban J connectivity index is 2.45. The molecule has 1 aliphatic rings. The van der Waals surface area contributed by atoms with Gasteiger partial charge in [-0.2, -0.15) is 0 Å². The Morgan fingerprint density at radius 3 is 3.00 bits per heavy atom. The molecule has 0 spiro atoms. The SMILES string of the molecule is BrC1=CNC[C]1. The molecule has 0 unspecified atom stereocenters. The van der Waals surface area contributed by atoms with Crippen molar-refractivity contribution in [3.05, 3.63) is 17.1 Å². The number of hydrogen-bond donors (Lipinski definition) is 1. The van der Waals surface area contributed by atoms with Gasteiger partial charge in [-0.1, -0.05) is 15.9 Å². The average molecular weight is 146 g/mol. The van der Waals surface area contributed by atoms with Gasteiger partial charge in [0.2, 0.25) is 0 Å². The highest BCUT2D eigenvalue weighted by atomic mass is 79.9. The maximum absolute atomic E-state index is 3.23. The van der Waals surface area contributed by atoms with Crippen LogP contribution >= 0.6 is 15.9 Å². The smallest absolute Gasteiger partial charge is 0.0464 e. The molecule has 1 rings (SSSR count). The van der Waals surface area contributed by atoms with E-state index in [1.54, 1.807) is 0 Å². The summed E-state index contributed by atoms with van der Waals surface area (Å²) >= 11 is 3.23. The van der Waals surface area contributed by atoms with E-state index in [1.165, 1.54) is 0 Å². The molecule has 1 nitrogen and oxygen atoms in total. The van der Waals surface area contributed by atoms with Crippen molar-refractivity contribution in [2.24, 2.45) is 0 Å². The van der Waals surface area contributed by atoms with E-state index in [0.29, 0.717) is 0 Å². The van der Waals surface area contributed by atoms with E-state index in [2.05, 4.69) is 27.7 Å². The largest absolute Gasteiger partial charge is 0.389 e. The lowest BCUT2D eigenvalue weighted by atomic mass is 10.5. The molecule has 0 saturated heterocycles. The number of nitrogens with one attached hydrogen (secondary N) is 1. The lowest BCUT2D eigenvalue weighted by Crippen LogP contribution is -1.97. The normalized spacial score (nSPS) is 19.8. The predicted molar refractivity (Wildman–Crippen MR) is 28.3 cm³/mol. The van der Waals surface area contributed by atoms with E-state index in [0.717, 1.165) is 11.0 Å². The van der Waals surface area contributed by atoms with Gasteiger partial charge >= 0.3 is 0 Å².